The average molecular weight is 352 g/mol. The van der Waals surface area contributed by atoms with Gasteiger partial charge in [0.1, 0.15) is 0 Å². The lowest BCUT2D eigenvalue weighted by Crippen LogP contribution is -2.59. The molecule has 26 heavy (non-hydrogen) atoms. The first kappa shape index (κ1) is 16.4. The Kier molecular flexibility index (Phi) is 3.52. The number of nitrogens with zero attached hydrogens (tertiary/aromatic N) is 1. The van der Waals surface area contributed by atoms with Gasteiger partial charge >= 0.3 is 5.97 Å². The Bertz CT molecular complexity index is 801. The van der Waals surface area contributed by atoms with Gasteiger partial charge in [0, 0.05) is 17.4 Å². The van der Waals surface area contributed by atoms with Gasteiger partial charge in [-0.25, -0.2) is 4.79 Å². The summed E-state index contributed by atoms with van der Waals surface area (Å²) >= 11 is 0. The second kappa shape index (κ2) is 5.59. The predicted molar refractivity (Wildman–Crippen MR) is 102 cm³/mol. The van der Waals surface area contributed by atoms with Crippen molar-refractivity contribution in [3.63, 3.8) is 0 Å². The molecule has 1 aliphatic carbocycles. The SMILES string of the molecule is CCOC(=O)C1=C2Nc3ccccc3[C@]23CCN2CCC[C@@](CC)(C1)[C@H]23. The number of benzene rings is 1. The van der Waals surface area contributed by atoms with Gasteiger partial charge in [-0.05, 0) is 69.2 Å². The van der Waals surface area contributed by atoms with Gasteiger partial charge in [0.05, 0.1) is 17.6 Å². The molecule has 1 spiro atoms. The normalized spacial score (nSPS) is 34.8. The van der Waals surface area contributed by atoms with Gasteiger partial charge < -0.3 is 10.1 Å². The van der Waals surface area contributed by atoms with Crippen LogP contribution in [0, 0.1) is 5.41 Å². The highest BCUT2D eigenvalue weighted by molar-refractivity contribution is 5.93. The first-order chi connectivity index (χ1) is 12.7. The van der Waals surface area contributed by atoms with E-state index in [0.29, 0.717) is 12.6 Å². The number of anilines is 1. The zero-order chi connectivity index (χ0) is 17.9. The summed E-state index contributed by atoms with van der Waals surface area (Å²) in [5, 5.41) is 3.67. The topological polar surface area (TPSA) is 41.6 Å². The fourth-order valence-electron chi connectivity index (χ4n) is 6.58. The number of nitrogens with one attached hydrogen (secondary N) is 1. The summed E-state index contributed by atoms with van der Waals surface area (Å²) in [6.45, 7) is 6.97. The van der Waals surface area contributed by atoms with Crippen LogP contribution in [0.5, 0.6) is 0 Å². The molecule has 2 saturated heterocycles. The van der Waals surface area contributed by atoms with Crippen LogP contribution in [-0.4, -0.2) is 36.6 Å². The molecule has 0 unspecified atom stereocenters. The largest absolute Gasteiger partial charge is 0.463 e. The monoisotopic (exact) mass is 352 g/mol. The van der Waals surface area contributed by atoms with E-state index in [9.17, 15) is 4.79 Å². The number of piperidine rings is 1. The van der Waals surface area contributed by atoms with Gasteiger partial charge in [0.2, 0.25) is 0 Å². The molecule has 3 heterocycles. The molecular formula is C22H28N2O2. The van der Waals surface area contributed by atoms with Crippen molar-refractivity contribution in [2.75, 3.05) is 25.0 Å². The molecule has 0 aromatic heterocycles. The number of carbonyl (C=O) groups excluding carboxylic acids is 1. The molecule has 0 amide bonds. The van der Waals surface area contributed by atoms with E-state index in [1.54, 1.807) is 0 Å². The maximum atomic E-state index is 13.0. The van der Waals surface area contributed by atoms with Crippen LogP contribution in [0.1, 0.15) is 51.5 Å². The predicted octanol–water partition coefficient (Wildman–Crippen LogP) is 3.84. The van der Waals surface area contributed by atoms with E-state index in [1.165, 1.54) is 30.6 Å². The van der Waals surface area contributed by atoms with E-state index >= 15 is 0 Å². The average Bonchev–Trinajstić information content (AvgIpc) is 3.22. The third-order valence-corrected chi connectivity index (χ3v) is 7.50. The van der Waals surface area contributed by atoms with Crippen LogP contribution in [0.25, 0.3) is 0 Å². The van der Waals surface area contributed by atoms with Gasteiger partial charge in [-0.2, -0.15) is 0 Å². The number of ether oxygens (including phenoxy) is 1. The van der Waals surface area contributed by atoms with E-state index < -0.39 is 0 Å². The van der Waals surface area contributed by atoms with Gasteiger partial charge in [-0.1, -0.05) is 25.1 Å². The van der Waals surface area contributed by atoms with Crippen LogP contribution in [0.15, 0.2) is 35.5 Å². The van der Waals surface area contributed by atoms with E-state index in [4.69, 9.17) is 4.74 Å². The molecule has 0 bridgehead atoms. The second-order valence-corrected chi connectivity index (χ2v) is 8.40. The Morgan fingerprint density at radius 2 is 2.12 bits per heavy atom. The Hall–Kier alpha value is -1.81. The van der Waals surface area contributed by atoms with Crippen LogP contribution < -0.4 is 5.32 Å². The highest BCUT2D eigenvalue weighted by atomic mass is 16.5. The summed E-state index contributed by atoms with van der Waals surface area (Å²) in [6, 6.07) is 9.18. The van der Waals surface area contributed by atoms with Crippen LogP contribution in [0.4, 0.5) is 5.69 Å². The van der Waals surface area contributed by atoms with Crippen molar-refractivity contribution in [2.24, 2.45) is 5.41 Å². The molecule has 4 heteroatoms. The number of hydrogen-bond donors (Lipinski definition) is 1. The molecule has 0 saturated carbocycles. The van der Waals surface area contributed by atoms with Crippen molar-refractivity contribution in [3.8, 4) is 0 Å². The minimum Gasteiger partial charge on any atom is -0.463 e. The van der Waals surface area contributed by atoms with Crippen molar-refractivity contribution < 1.29 is 9.53 Å². The maximum absolute atomic E-state index is 13.0. The highest BCUT2D eigenvalue weighted by Crippen LogP contribution is 2.65. The minimum atomic E-state index is -0.113. The number of esters is 1. The van der Waals surface area contributed by atoms with Crippen LogP contribution >= 0.6 is 0 Å². The Labute approximate surface area is 155 Å². The molecule has 1 N–H and O–H groups in total. The summed E-state index contributed by atoms with van der Waals surface area (Å²) in [7, 11) is 0. The lowest BCUT2D eigenvalue weighted by atomic mass is 9.53. The van der Waals surface area contributed by atoms with Crippen molar-refractivity contribution in [2.45, 2.75) is 57.4 Å². The third-order valence-electron chi connectivity index (χ3n) is 7.50. The quantitative estimate of drug-likeness (QED) is 0.840. The lowest BCUT2D eigenvalue weighted by Gasteiger charge is -2.56. The molecular weight excluding hydrogens is 324 g/mol. The molecule has 0 radical (unpaired) electrons. The smallest absolute Gasteiger partial charge is 0.335 e. The van der Waals surface area contributed by atoms with Crippen molar-refractivity contribution >= 4 is 11.7 Å². The van der Waals surface area contributed by atoms with E-state index in [0.717, 1.165) is 37.1 Å². The van der Waals surface area contributed by atoms with Crippen LogP contribution in [0.2, 0.25) is 0 Å². The number of carbonyl (C=O) groups is 1. The maximum Gasteiger partial charge on any atom is 0.335 e. The van der Waals surface area contributed by atoms with Crippen LogP contribution in [-0.2, 0) is 14.9 Å². The molecule has 1 aromatic carbocycles. The summed E-state index contributed by atoms with van der Waals surface area (Å²) < 4.78 is 5.51. The molecule has 4 nitrogen and oxygen atoms in total. The number of rotatable bonds is 3. The molecule has 3 aliphatic heterocycles. The summed E-state index contributed by atoms with van der Waals surface area (Å²) in [5.41, 5.74) is 4.75. The molecule has 4 aliphatic rings. The molecule has 2 fully saturated rings. The standard InChI is InChI=1S/C22H28N2O2/c1-3-21-10-7-12-24-13-11-22(20(21)24)16-8-5-6-9-17(16)23-18(22)15(14-21)19(25)26-4-2/h5-6,8-9,20,23H,3-4,7,10-14H2,1-2H3/t20-,21-,22+/m0/s1. The fourth-order valence-corrected chi connectivity index (χ4v) is 6.58. The Balaban J connectivity index is 1.78. The zero-order valence-corrected chi connectivity index (χ0v) is 15.8. The molecule has 138 valence electrons. The number of fused-ring (bicyclic) bond motifs is 1. The highest BCUT2D eigenvalue weighted by Gasteiger charge is 2.66. The summed E-state index contributed by atoms with van der Waals surface area (Å²) in [6.07, 6.45) is 5.52. The number of para-hydroxylation sites is 1. The van der Waals surface area contributed by atoms with Gasteiger partial charge in [0.15, 0.2) is 0 Å². The molecule has 3 atom stereocenters. The summed E-state index contributed by atoms with van der Waals surface area (Å²) in [5.74, 6) is -0.113. The summed E-state index contributed by atoms with van der Waals surface area (Å²) in [4.78, 5) is 15.7. The fraction of sp³-hybridized carbons (Fsp3) is 0.591. The Morgan fingerprint density at radius 1 is 1.27 bits per heavy atom. The Morgan fingerprint density at radius 3 is 2.92 bits per heavy atom. The van der Waals surface area contributed by atoms with E-state index in [1.807, 2.05) is 6.92 Å². The van der Waals surface area contributed by atoms with E-state index in [-0.39, 0.29) is 16.8 Å². The lowest BCUT2D eigenvalue weighted by molar-refractivity contribution is -0.139. The van der Waals surface area contributed by atoms with Gasteiger partial charge in [-0.15, -0.1) is 0 Å². The molecule has 5 rings (SSSR count). The van der Waals surface area contributed by atoms with Crippen molar-refractivity contribution in [1.82, 2.24) is 4.90 Å². The van der Waals surface area contributed by atoms with Gasteiger partial charge in [0.25, 0.3) is 0 Å². The van der Waals surface area contributed by atoms with Gasteiger partial charge in [-0.3, -0.25) is 4.90 Å². The minimum absolute atomic E-state index is 0.0621. The third kappa shape index (κ3) is 1.86. The van der Waals surface area contributed by atoms with Crippen molar-refractivity contribution in [1.29, 1.82) is 0 Å². The first-order valence-electron chi connectivity index (χ1n) is 10.2. The molecule has 1 aromatic rings. The first-order valence-corrected chi connectivity index (χ1v) is 10.2. The van der Waals surface area contributed by atoms with Crippen molar-refractivity contribution in [3.05, 3.63) is 41.1 Å². The second-order valence-electron chi connectivity index (χ2n) is 8.40. The van der Waals surface area contributed by atoms with Crippen LogP contribution in [0.3, 0.4) is 0 Å². The number of hydrogen-bond acceptors (Lipinski definition) is 4. The van der Waals surface area contributed by atoms with E-state index in [2.05, 4.69) is 41.4 Å². The zero-order valence-electron chi connectivity index (χ0n) is 15.8.